The summed E-state index contributed by atoms with van der Waals surface area (Å²) in [6.45, 7) is 15.8. The average Bonchev–Trinajstić information content (AvgIpc) is 3.76. The van der Waals surface area contributed by atoms with Crippen molar-refractivity contribution in [2.24, 2.45) is 5.92 Å². The summed E-state index contributed by atoms with van der Waals surface area (Å²) >= 11 is 0. The first-order valence-electron chi connectivity index (χ1n) is 16.8. The van der Waals surface area contributed by atoms with Crippen LogP contribution in [0.5, 0.6) is 5.75 Å². The third kappa shape index (κ3) is 8.32. The molecule has 3 aromatic rings. The van der Waals surface area contributed by atoms with E-state index in [4.69, 9.17) is 9.47 Å². The standard InChI is InChI=1S/C35H50FN5O5Si/c1-22-29(33(42)39-25-11-13-26(14-12-25)41(34(43)44)35(2,3)4)31-32(40(22)21-45-16-17-47(5,6)7)30(37-20-38-31)27-15-10-24(36)18-28(27)46-19-23-8-9-23/h10,15,18,20,23,25-26H,8-9,11-14,16-17,19,21H2,1-7H3,(H,39,42)(H,43,44)/t25-,26+. The molecule has 256 valence electrons. The van der Waals surface area contributed by atoms with Gasteiger partial charge in [0.2, 0.25) is 0 Å². The Labute approximate surface area is 278 Å². The summed E-state index contributed by atoms with van der Waals surface area (Å²) in [5, 5.41) is 13.1. The topological polar surface area (TPSA) is 119 Å². The molecule has 2 aromatic heterocycles. The van der Waals surface area contributed by atoms with Gasteiger partial charge in [0, 0.05) is 49.6 Å². The summed E-state index contributed by atoms with van der Waals surface area (Å²) in [5.41, 5.74) is 2.96. The number of aromatic nitrogens is 3. The number of nitrogens with zero attached hydrogens (tertiary/aromatic N) is 4. The predicted molar refractivity (Wildman–Crippen MR) is 183 cm³/mol. The highest BCUT2D eigenvalue weighted by Gasteiger charge is 2.36. The number of carbonyl (C=O) groups is 2. The van der Waals surface area contributed by atoms with Crippen LogP contribution in [0, 0.1) is 18.7 Å². The molecule has 0 aliphatic heterocycles. The Morgan fingerprint density at radius 2 is 1.81 bits per heavy atom. The van der Waals surface area contributed by atoms with Gasteiger partial charge in [0.25, 0.3) is 5.91 Å². The lowest BCUT2D eigenvalue weighted by Gasteiger charge is -2.42. The van der Waals surface area contributed by atoms with Crippen LogP contribution in [0.2, 0.25) is 25.7 Å². The number of ether oxygens (including phenoxy) is 2. The van der Waals surface area contributed by atoms with Gasteiger partial charge in [0.15, 0.2) is 0 Å². The Morgan fingerprint density at radius 1 is 1.11 bits per heavy atom. The highest BCUT2D eigenvalue weighted by molar-refractivity contribution is 6.76. The van der Waals surface area contributed by atoms with Gasteiger partial charge in [-0.15, -0.1) is 0 Å². The summed E-state index contributed by atoms with van der Waals surface area (Å²) in [4.78, 5) is 36.9. The predicted octanol–water partition coefficient (Wildman–Crippen LogP) is 7.47. The van der Waals surface area contributed by atoms with Crippen LogP contribution in [0.3, 0.4) is 0 Å². The fourth-order valence-corrected chi connectivity index (χ4v) is 7.24. The number of nitrogens with one attached hydrogen (secondary N) is 1. The van der Waals surface area contributed by atoms with Gasteiger partial charge in [-0.3, -0.25) is 4.79 Å². The summed E-state index contributed by atoms with van der Waals surface area (Å²) in [7, 11) is -1.33. The molecule has 0 unspecified atom stereocenters. The van der Waals surface area contributed by atoms with Crippen molar-refractivity contribution in [3.8, 4) is 17.0 Å². The number of hydrogen-bond acceptors (Lipinski definition) is 6. The summed E-state index contributed by atoms with van der Waals surface area (Å²) in [6.07, 6.45) is 5.41. The molecule has 10 nitrogen and oxygen atoms in total. The molecule has 1 aromatic carbocycles. The minimum Gasteiger partial charge on any atom is -0.492 e. The van der Waals surface area contributed by atoms with Gasteiger partial charge < -0.3 is 29.4 Å². The second-order valence-electron chi connectivity index (χ2n) is 15.4. The Morgan fingerprint density at radius 3 is 2.43 bits per heavy atom. The van der Waals surface area contributed by atoms with Crippen molar-refractivity contribution < 1.29 is 28.6 Å². The number of halogens is 1. The molecule has 2 aliphatic carbocycles. The van der Waals surface area contributed by atoms with E-state index in [-0.39, 0.29) is 24.7 Å². The van der Waals surface area contributed by atoms with Crippen molar-refractivity contribution in [3.05, 3.63) is 41.6 Å². The Balaban J connectivity index is 1.46. The number of amides is 2. The molecule has 0 radical (unpaired) electrons. The molecule has 2 N–H and O–H groups in total. The lowest BCUT2D eigenvalue weighted by atomic mass is 9.88. The van der Waals surface area contributed by atoms with E-state index >= 15 is 0 Å². The van der Waals surface area contributed by atoms with Crippen LogP contribution >= 0.6 is 0 Å². The Kier molecular flexibility index (Phi) is 10.3. The Hall–Kier alpha value is -3.51. The molecule has 0 bridgehead atoms. The van der Waals surface area contributed by atoms with Gasteiger partial charge in [-0.1, -0.05) is 19.6 Å². The fourth-order valence-electron chi connectivity index (χ4n) is 6.49. The lowest BCUT2D eigenvalue weighted by Crippen LogP contribution is -2.53. The molecule has 0 atom stereocenters. The van der Waals surface area contributed by atoms with Crippen LogP contribution in [0.25, 0.3) is 22.3 Å². The molecule has 2 amide bonds. The monoisotopic (exact) mass is 667 g/mol. The number of benzene rings is 1. The first kappa shape index (κ1) is 34.8. The van der Waals surface area contributed by atoms with E-state index in [2.05, 4.69) is 34.9 Å². The van der Waals surface area contributed by atoms with E-state index in [0.717, 1.165) is 18.9 Å². The number of hydrogen-bond donors (Lipinski definition) is 2. The van der Waals surface area contributed by atoms with Gasteiger partial charge in [0.1, 0.15) is 35.8 Å². The van der Waals surface area contributed by atoms with E-state index in [9.17, 15) is 19.1 Å². The van der Waals surface area contributed by atoms with Crippen molar-refractivity contribution in [1.82, 2.24) is 24.8 Å². The smallest absolute Gasteiger partial charge is 0.407 e. The SMILES string of the molecule is Cc1c(C(=O)N[C@H]2CC[C@@H](N(C(=O)O)C(C)(C)C)CC2)c2ncnc(-c3ccc(F)cc3OCC3CC3)c2n1COCC[Si](C)(C)C. The van der Waals surface area contributed by atoms with Crippen molar-refractivity contribution in [2.75, 3.05) is 13.2 Å². The van der Waals surface area contributed by atoms with Gasteiger partial charge >= 0.3 is 6.09 Å². The minimum atomic E-state index is -1.33. The van der Waals surface area contributed by atoms with E-state index in [1.165, 1.54) is 18.5 Å². The zero-order chi connectivity index (χ0) is 34.1. The molecule has 5 rings (SSSR count). The van der Waals surface area contributed by atoms with Crippen LogP contribution in [0.4, 0.5) is 9.18 Å². The summed E-state index contributed by atoms with van der Waals surface area (Å²) in [5.74, 6) is 0.260. The Bertz CT molecular complexity index is 1600. The van der Waals surface area contributed by atoms with Crippen molar-refractivity contribution in [2.45, 2.75) is 116 Å². The quantitative estimate of drug-likeness (QED) is 0.152. The molecule has 2 saturated carbocycles. The molecular weight excluding hydrogens is 617 g/mol. The molecule has 2 heterocycles. The van der Waals surface area contributed by atoms with Crippen LogP contribution in [-0.2, 0) is 11.5 Å². The zero-order valence-corrected chi connectivity index (χ0v) is 29.9. The maximum absolute atomic E-state index is 14.4. The molecule has 47 heavy (non-hydrogen) atoms. The van der Waals surface area contributed by atoms with E-state index < -0.39 is 25.5 Å². The van der Waals surface area contributed by atoms with Crippen LogP contribution in [0.15, 0.2) is 24.5 Å². The maximum Gasteiger partial charge on any atom is 0.407 e. The molecule has 2 aliphatic rings. The molecule has 0 saturated heterocycles. The highest BCUT2D eigenvalue weighted by atomic mass is 28.3. The third-order valence-corrected chi connectivity index (χ3v) is 10.9. The largest absolute Gasteiger partial charge is 0.492 e. The number of fused-ring (bicyclic) bond motifs is 1. The van der Waals surface area contributed by atoms with E-state index in [0.29, 0.717) is 84.1 Å². The van der Waals surface area contributed by atoms with Crippen LogP contribution in [0.1, 0.15) is 75.3 Å². The highest BCUT2D eigenvalue weighted by Crippen LogP contribution is 2.38. The third-order valence-electron chi connectivity index (χ3n) is 9.24. The van der Waals surface area contributed by atoms with Crippen molar-refractivity contribution in [3.63, 3.8) is 0 Å². The zero-order valence-electron chi connectivity index (χ0n) is 28.9. The molecule has 12 heteroatoms. The number of carboxylic acid groups (broad SMARTS) is 1. The average molecular weight is 668 g/mol. The molecule has 2 fully saturated rings. The van der Waals surface area contributed by atoms with Crippen LogP contribution < -0.4 is 10.1 Å². The lowest BCUT2D eigenvalue weighted by molar-refractivity contribution is 0.0519. The maximum atomic E-state index is 14.4. The van der Waals surface area contributed by atoms with Gasteiger partial charge in [-0.05, 0) is 90.3 Å². The molecular formula is C35H50FN5O5Si. The number of carbonyl (C=O) groups excluding carboxylic acids is 1. The van der Waals surface area contributed by atoms with Gasteiger partial charge in [-0.2, -0.15) is 0 Å². The normalized spacial score (nSPS) is 18.7. The van der Waals surface area contributed by atoms with Crippen LogP contribution in [-0.4, -0.2) is 75.5 Å². The van der Waals surface area contributed by atoms with E-state index in [1.807, 2.05) is 32.3 Å². The first-order chi connectivity index (χ1) is 22.1. The van der Waals surface area contributed by atoms with Crippen molar-refractivity contribution >= 4 is 31.1 Å². The summed E-state index contributed by atoms with van der Waals surface area (Å²) in [6, 6.07) is 5.27. The number of rotatable bonds is 12. The van der Waals surface area contributed by atoms with Crippen molar-refractivity contribution in [1.29, 1.82) is 0 Å². The van der Waals surface area contributed by atoms with Gasteiger partial charge in [-0.25, -0.2) is 19.2 Å². The molecule has 0 spiro atoms. The van der Waals surface area contributed by atoms with Gasteiger partial charge in [0.05, 0.1) is 17.7 Å². The second-order valence-corrected chi connectivity index (χ2v) is 21.0. The minimum absolute atomic E-state index is 0.0963. The fraction of sp³-hybridized carbons (Fsp3) is 0.600. The first-order valence-corrected chi connectivity index (χ1v) is 20.5. The van der Waals surface area contributed by atoms with E-state index in [1.54, 1.807) is 11.0 Å². The second kappa shape index (κ2) is 13.9. The summed E-state index contributed by atoms with van der Waals surface area (Å²) < 4.78 is 28.7.